The molecule has 4 heteroatoms. The van der Waals surface area contributed by atoms with Crippen LogP contribution in [0.1, 0.15) is 62.8 Å². The van der Waals surface area contributed by atoms with E-state index in [1.54, 1.807) is 11.3 Å². The third kappa shape index (κ3) is 4.27. The molecule has 0 amide bonds. The van der Waals surface area contributed by atoms with Gasteiger partial charge in [-0.1, -0.05) is 40.0 Å². The summed E-state index contributed by atoms with van der Waals surface area (Å²) in [7, 11) is 0. The minimum Gasteiger partial charge on any atom is -0.396 e. The molecule has 2 N–H and O–H groups in total. The molecule has 1 aromatic rings. The van der Waals surface area contributed by atoms with Gasteiger partial charge in [0.15, 0.2) is 0 Å². The van der Waals surface area contributed by atoms with Crippen LogP contribution in [0.15, 0.2) is 6.20 Å². The molecule has 0 radical (unpaired) electrons. The van der Waals surface area contributed by atoms with E-state index in [4.69, 9.17) is 0 Å². The minimum absolute atomic E-state index is 0.138. The second-order valence-electron chi connectivity index (χ2n) is 6.95. The average molecular weight is 296 g/mol. The van der Waals surface area contributed by atoms with Gasteiger partial charge >= 0.3 is 0 Å². The van der Waals surface area contributed by atoms with Gasteiger partial charge in [0.25, 0.3) is 0 Å². The first kappa shape index (κ1) is 15.9. The van der Waals surface area contributed by atoms with Crippen LogP contribution in [0, 0.1) is 5.92 Å². The Morgan fingerprint density at radius 3 is 2.70 bits per heavy atom. The van der Waals surface area contributed by atoms with Crippen molar-refractivity contribution in [3.63, 3.8) is 0 Å². The summed E-state index contributed by atoms with van der Waals surface area (Å²) >= 11 is 1.81. The van der Waals surface area contributed by atoms with Crippen LogP contribution in [0.25, 0.3) is 0 Å². The lowest BCUT2D eigenvalue weighted by molar-refractivity contribution is 0.181. The van der Waals surface area contributed by atoms with Crippen molar-refractivity contribution < 1.29 is 5.11 Å². The Labute approximate surface area is 126 Å². The first-order chi connectivity index (χ1) is 9.50. The highest BCUT2D eigenvalue weighted by Crippen LogP contribution is 2.27. The molecule has 2 atom stereocenters. The molecule has 0 saturated heterocycles. The van der Waals surface area contributed by atoms with Crippen molar-refractivity contribution in [2.45, 2.75) is 70.9 Å². The zero-order valence-corrected chi connectivity index (χ0v) is 13.8. The Hall–Kier alpha value is -0.450. The average Bonchev–Trinajstić information content (AvgIpc) is 2.76. The molecule has 0 aliphatic heterocycles. The van der Waals surface area contributed by atoms with Gasteiger partial charge in [0.2, 0.25) is 0 Å². The van der Waals surface area contributed by atoms with E-state index in [2.05, 4.69) is 31.1 Å². The van der Waals surface area contributed by atoms with Crippen molar-refractivity contribution in [2.24, 2.45) is 5.92 Å². The van der Waals surface area contributed by atoms with Crippen LogP contribution in [0.2, 0.25) is 0 Å². The molecule has 0 aromatic carbocycles. The van der Waals surface area contributed by atoms with Gasteiger partial charge in [-0.05, 0) is 18.8 Å². The third-order valence-corrected chi connectivity index (χ3v) is 5.55. The van der Waals surface area contributed by atoms with Crippen molar-refractivity contribution >= 4 is 11.3 Å². The molecule has 1 heterocycles. The Bertz CT molecular complexity index is 411. The van der Waals surface area contributed by atoms with Gasteiger partial charge in [-0.3, -0.25) is 0 Å². The van der Waals surface area contributed by atoms with Gasteiger partial charge < -0.3 is 10.4 Å². The number of nitrogens with one attached hydrogen (secondary N) is 1. The number of hydrogen-bond donors (Lipinski definition) is 2. The lowest BCUT2D eigenvalue weighted by atomic mass is 9.96. The van der Waals surface area contributed by atoms with Crippen LogP contribution in [0.5, 0.6) is 0 Å². The van der Waals surface area contributed by atoms with Crippen LogP contribution >= 0.6 is 11.3 Å². The summed E-state index contributed by atoms with van der Waals surface area (Å²) in [5.74, 6) is 0.424. The van der Waals surface area contributed by atoms with Crippen molar-refractivity contribution in [3.8, 4) is 0 Å². The first-order valence-corrected chi connectivity index (χ1v) is 8.62. The van der Waals surface area contributed by atoms with Crippen molar-refractivity contribution in [3.05, 3.63) is 16.1 Å². The second-order valence-corrected chi connectivity index (χ2v) is 8.06. The fourth-order valence-corrected chi connectivity index (χ4v) is 3.76. The highest BCUT2D eigenvalue weighted by Gasteiger charge is 2.23. The summed E-state index contributed by atoms with van der Waals surface area (Å²) < 4.78 is 0. The molecule has 0 bridgehead atoms. The van der Waals surface area contributed by atoms with Crippen molar-refractivity contribution in [1.82, 2.24) is 10.3 Å². The fourth-order valence-electron chi connectivity index (χ4n) is 2.84. The Morgan fingerprint density at radius 2 is 2.05 bits per heavy atom. The maximum absolute atomic E-state index is 9.54. The zero-order chi connectivity index (χ0) is 14.6. The Balaban J connectivity index is 1.91. The van der Waals surface area contributed by atoms with Crippen LogP contribution in [-0.2, 0) is 12.0 Å². The van der Waals surface area contributed by atoms with Crippen molar-refractivity contribution in [1.29, 1.82) is 0 Å². The van der Waals surface area contributed by atoms with Gasteiger partial charge in [-0.25, -0.2) is 4.98 Å². The number of aliphatic hydroxyl groups is 1. The highest BCUT2D eigenvalue weighted by atomic mass is 32.1. The molecule has 3 nitrogen and oxygen atoms in total. The molecule has 114 valence electrons. The molecular formula is C16H28N2OS. The smallest absolute Gasteiger partial charge is 0.0981 e. The predicted octanol–water partition coefficient (Wildman–Crippen LogP) is 3.47. The summed E-state index contributed by atoms with van der Waals surface area (Å²) in [6, 6.07) is 0.461. The maximum atomic E-state index is 9.54. The van der Waals surface area contributed by atoms with E-state index in [9.17, 15) is 5.11 Å². The minimum atomic E-state index is 0.138. The van der Waals surface area contributed by atoms with Gasteiger partial charge in [0, 0.05) is 35.7 Å². The molecule has 1 aliphatic rings. The van der Waals surface area contributed by atoms with Crippen LogP contribution in [0.3, 0.4) is 0 Å². The molecule has 1 aliphatic carbocycles. The quantitative estimate of drug-likeness (QED) is 0.836. The summed E-state index contributed by atoms with van der Waals surface area (Å²) in [6.07, 6.45) is 8.20. The number of thiazole rings is 1. The van der Waals surface area contributed by atoms with E-state index in [-0.39, 0.29) is 5.41 Å². The number of nitrogens with zero attached hydrogens (tertiary/aromatic N) is 1. The van der Waals surface area contributed by atoms with Crippen molar-refractivity contribution in [2.75, 3.05) is 6.61 Å². The molecule has 1 aromatic heterocycles. The largest absolute Gasteiger partial charge is 0.396 e. The predicted molar refractivity (Wildman–Crippen MR) is 85.1 cm³/mol. The Kier molecular flexibility index (Phi) is 5.58. The van der Waals surface area contributed by atoms with Gasteiger partial charge in [-0.2, -0.15) is 0 Å². The fraction of sp³-hybridized carbons (Fsp3) is 0.812. The SMILES string of the molecule is CC(C)(C)c1ncc(CNC2CCCCCC2CO)s1. The molecule has 1 saturated carbocycles. The highest BCUT2D eigenvalue weighted by molar-refractivity contribution is 7.11. The van der Waals surface area contributed by atoms with E-state index >= 15 is 0 Å². The summed E-state index contributed by atoms with van der Waals surface area (Å²) in [4.78, 5) is 5.84. The van der Waals surface area contributed by atoms with Gasteiger partial charge in [-0.15, -0.1) is 11.3 Å². The molecule has 1 fully saturated rings. The van der Waals surface area contributed by atoms with E-state index in [0.717, 1.165) is 13.0 Å². The number of hydrogen-bond acceptors (Lipinski definition) is 4. The molecular weight excluding hydrogens is 268 g/mol. The monoisotopic (exact) mass is 296 g/mol. The summed E-state index contributed by atoms with van der Waals surface area (Å²) in [5.41, 5.74) is 0.138. The molecule has 2 unspecified atom stereocenters. The Morgan fingerprint density at radius 1 is 1.30 bits per heavy atom. The van der Waals surface area contributed by atoms with E-state index < -0.39 is 0 Å². The van der Waals surface area contributed by atoms with Crippen LogP contribution < -0.4 is 5.32 Å². The second kappa shape index (κ2) is 7.01. The van der Waals surface area contributed by atoms with E-state index in [1.165, 1.54) is 35.6 Å². The standard InChI is InChI=1S/C16H28N2OS/c1-16(2,3)15-18-10-13(20-15)9-17-14-8-6-4-5-7-12(14)11-19/h10,12,14,17,19H,4-9,11H2,1-3H3. The van der Waals surface area contributed by atoms with Crippen LogP contribution in [-0.4, -0.2) is 22.7 Å². The summed E-state index contributed by atoms with van der Waals surface area (Å²) in [6.45, 7) is 7.81. The first-order valence-electron chi connectivity index (χ1n) is 7.80. The van der Waals surface area contributed by atoms with Gasteiger partial charge in [0.05, 0.1) is 5.01 Å². The topological polar surface area (TPSA) is 45.2 Å². The van der Waals surface area contributed by atoms with E-state index in [1.807, 2.05) is 6.20 Å². The number of aromatic nitrogens is 1. The summed E-state index contributed by atoms with van der Waals surface area (Å²) in [5, 5.41) is 14.4. The number of rotatable bonds is 4. The maximum Gasteiger partial charge on any atom is 0.0981 e. The normalized spacial score (nSPS) is 24.6. The number of aliphatic hydroxyl groups excluding tert-OH is 1. The van der Waals surface area contributed by atoms with Crippen LogP contribution in [0.4, 0.5) is 0 Å². The lowest BCUT2D eigenvalue weighted by Gasteiger charge is -2.24. The molecule has 2 rings (SSSR count). The van der Waals surface area contributed by atoms with E-state index in [0.29, 0.717) is 18.6 Å². The molecule has 20 heavy (non-hydrogen) atoms. The zero-order valence-electron chi connectivity index (χ0n) is 13.0. The van der Waals surface area contributed by atoms with Gasteiger partial charge in [0.1, 0.15) is 0 Å². The molecule has 0 spiro atoms. The lowest BCUT2D eigenvalue weighted by Crippen LogP contribution is -2.36. The third-order valence-electron chi connectivity index (χ3n) is 4.13.